The van der Waals surface area contributed by atoms with E-state index in [0.29, 0.717) is 6.54 Å². The Morgan fingerprint density at radius 3 is 2.33 bits per heavy atom. The number of nitrogens with zero attached hydrogens (tertiary/aromatic N) is 1. The van der Waals surface area contributed by atoms with Crippen LogP contribution in [-0.4, -0.2) is 18.6 Å². The minimum absolute atomic E-state index is 0.0147. The molecule has 0 fully saturated rings. The average Bonchev–Trinajstić information content (AvgIpc) is 2.21. The number of para-hydroxylation sites is 1. The fourth-order valence-corrected chi connectivity index (χ4v) is 1.90. The molecule has 0 aliphatic rings. The van der Waals surface area contributed by atoms with E-state index in [9.17, 15) is 0 Å². The van der Waals surface area contributed by atoms with Crippen LogP contribution in [0.4, 0.5) is 5.69 Å². The summed E-state index contributed by atoms with van der Waals surface area (Å²) in [6, 6.07) is 8.46. The van der Waals surface area contributed by atoms with Crippen LogP contribution in [0.3, 0.4) is 0 Å². The van der Waals surface area contributed by atoms with Crippen LogP contribution in [0.2, 0.25) is 0 Å². The zero-order valence-corrected chi connectivity index (χ0v) is 10.2. The lowest BCUT2D eigenvalue weighted by molar-refractivity contribution is 0.477. The van der Waals surface area contributed by atoms with Crippen molar-refractivity contribution in [2.24, 2.45) is 5.73 Å². The third-order valence-electron chi connectivity index (χ3n) is 2.95. The van der Waals surface area contributed by atoms with Crippen LogP contribution in [-0.2, 0) is 0 Å². The molecule has 0 unspecified atom stereocenters. The highest BCUT2D eigenvalue weighted by Gasteiger charge is 2.24. The molecule has 15 heavy (non-hydrogen) atoms. The molecule has 0 aliphatic heterocycles. The molecule has 2 N–H and O–H groups in total. The molecule has 0 heterocycles. The third kappa shape index (κ3) is 2.51. The summed E-state index contributed by atoms with van der Waals surface area (Å²) in [6.07, 6.45) is 0. The summed E-state index contributed by atoms with van der Waals surface area (Å²) in [5.41, 5.74) is 8.44. The predicted octanol–water partition coefficient (Wildman–Crippen LogP) is 2.56. The Hall–Kier alpha value is -1.02. The van der Waals surface area contributed by atoms with Gasteiger partial charge in [0, 0.05) is 24.3 Å². The highest BCUT2D eigenvalue weighted by atomic mass is 15.2. The van der Waals surface area contributed by atoms with Crippen molar-refractivity contribution in [3.8, 4) is 0 Å². The van der Waals surface area contributed by atoms with Gasteiger partial charge in [-0.1, -0.05) is 18.2 Å². The van der Waals surface area contributed by atoms with Crippen LogP contribution in [0.25, 0.3) is 0 Å². The molecule has 0 aromatic heterocycles. The number of rotatable bonds is 4. The molecule has 1 rings (SSSR count). The fourth-order valence-electron chi connectivity index (χ4n) is 1.90. The van der Waals surface area contributed by atoms with Crippen LogP contribution in [0, 0.1) is 6.92 Å². The van der Waals surface area contributed by atoms with Crippen molar-refractivity contribution in [2.75, 3.05) is 18.0 Å². The number of hydrogen-bond acceptors (Lipinski definition) is 2. The van der Waals surface area contributed by atoms with Gasteiger partial charge in [0.05, 0.1) is 0 Å². The van der Waals surface area contributed by atoms with Gasteiger partial charge in [0.15, 0.2) is 0 Å². The number of anilines is 1. The SMILES string of the molecule is CCN(c1ccccc1C)C(C)(C)CN. The topological polar surface area (TPSA) is 29.3 Å². The minimum atomic E-state index is 0.0147. The number of nitrogens with two attached hydrogens (primary N) is 1. The van der Waals surface area contributed by atoms with Crippen LogP contribution >= 0.6 is 0 Å². The van der Waals surface area contributed by atoms with Crippen molar-refractivity contribution in [2.45, 2.75) is 33.2 Å². The second-order valence-corrected chi connectivity index (χ2v) is 4.55. The first kappa shape index (κ1) is 12.1. The summed E-state index contributed by atoms with van der Waals surface area (Å²) in [6.45, 7) is 10.3. The zero-order chi connectivity index (χ0) is 11.5. The molecule has 0 atom stereocenters. The number of likely N-dealkylation sites (N-methyl/N-ethyl adjacent to an activating group) is 1. The van der Waals surface area contributed by atoms with Gasteiger partial charge in [-0.25, -0.2) is 0 Å². The van der Waals surface area contributed by atoms with Gasteiger partial charge in [-0.3, -0.25) is 0 Å². The van der Waals surface area contributed by atoms with E-state index in [2.05, 4.69) is 56.9 Å². The largest absolute Gasteiger partial charge is 0.365 e. The second kappa shape index (κ2) is 4.67. The van der Waals surface area contributed by atoms with E-state index in [-0.39, 0.29) is 5.54 Å². The predicted molar refractivity (Wildman–Crippen MR) is 67.3 cm³/mol. The van der Waals surface area contributed by atoms with Crippen LogP contribution in [0.5, 0.6) is 0 Å². The summed E-state index contributed by atoms with van der Waals surface area (Å²) >= 11 is 0. The molecule has 0 spiro atoms. The zero-order valence-electron chi connectivity index (χ0n) is 10.2. The van der Waals surface area contributed by atoms with Gasteiger partial charge in [0.25, 0.3) is 0 Å². The Bertz CT molecular complexity index is 318. The lowest BCUT2D eigenvalue weighted by Gasteiger charge is -2.39. The van der Waals surface area contributed by atoms with E-state index >= 15 is 0 Å². The molecule has 0 saturated carbocycles. The molecule has 2 heteroatoms. The maximum absolute atomic E-state index is 5.83. The third-order valence-corrected chi connectivity index (χ3v) is 2.95. The molecule has 1 aromatic carbocycles. The molecule has 0 bridgehead atoms. The fraction of sp³-hybridized carbons (Fsp3) is 0.538. The molecule has 1 aromatic rings. The first-order chi connectivity index (χ1) is 7.03. The number of benzene rings is 1. The highest BCUT2D eigenvalue weighted by molar-refractivity contribution is 5.54. The van der Waals surface area contributed by atoms with Gasteiger partial charge in [-0.05, 0) is 39.3 Å². The van der Waals surface area contributed by atoms with Gasteiger partial charge in [-0.2, -0.15) is 0 Å². The van der Waals surface area contributed by atoms with Crippen molar-refractivity contribution >= 4 is 5.69 Å². The van der Waals surface area contributed by atoms with Gasteiger partial charge in [0.2, 0.25) is 0 Å². The Kier molecular flexibility index (Phi) is 3.75. The van der Waals surface area contributed by atoms with Gasteiger partial charge < -0.3 is 10.6 Å². The summed E-state index contributed by atoms with van der Waals surface area (Å²) in [4.78, 5) is 2.36. The van der Waals surface area contributed by atoms with Gasteiger partial charge in [0.1, 0.15) is 0 Å². The maximum atomic E-state index is 5.83. The van der Waals surface area contributed by atoms with Crippen molar-refractivity contribution in [3.05, 3.63) is 29.8 Å². The van der Waals surface area contributed by atoms with Gasteiger partial charge in [-0.15, -0.1) is 0 Å². The van der Waals surface area contributed by atoms with Crippen LogP contribution in [0.1, 0.15) is 26.3 Å². The molecular weight excluding hydrogens is 184 g/mol. The normalized spacial score (nSPS) is 11.5. The lowest BCUT2D eigenvalue weighted by atomic mass is 10.0. The van der Waals surface area contributed by atoms with Crippen LogP contribution < -0.4 is 10.6 Å². The van der Waals surface area contributed by atoms with E-state index in [1.54, 1.807) is 0 Å². The Labute approximate surface area is 93.1 Å². The van der Waals surface area contributed by atoms with Crippen molar-refractivity contribution < 1.29 is 0 Å². The molecule has 84 valence electrons. The standard InChI is InChI=1S/C13H22N2/c1-5-15(13(3,4)10-14)12-9-7-6-8-11(12)2/h6-9H,5,10,14H2,1-4H3. The maximum Gasteiger partial charge on any atom is 0.0468 e. The van der Waals surface area contributed by atoms with E-state index in [1.807, 2.05) is 0 Å². The molecule has 2 nitrogen and oxygen atoms in total. The number of aryl methyl sites for hydroxylation is 1. The first-order valence-electron chi connectivity index (χ1n) is 5.56. The van der Waals surface area contributed by atoms with E-state index in [0.717, 1.165) is 6.54 Å². The van der Waals surface area contributed by atoms with Crippen molar-refractivity contribution in [1.82, 2.24) is 0 Å². The summed E-state index contributed by atoms with van der Waals surface area (Å²) < 4.78 is 0. The molecule has 0 amide bonds. The van der Waals surface area contributed by atoms with Crippen molar-refractivity contribution in [1.29, 1.82) is 0 Å². The van der Waals surface area contributed by atoms with Crippen molar-refractivity contribution in [3.63, 3.8) is 0 Å². The Balaban J connectivity index is 3.08. The number of hydrogen-bond donors (Lipinski definition) is 1. The summed E-state index contributed by atoms with van der Waals surface area (Å²) in [5.74, 6) is 0. The quantitative estimate of drug-likeness (QED) is 0.820. The van der Waals surface area contributed by atoms with Gasteiger partial charge >= 0.3 is 0 Å². The Morgan fingerprint density at radius 2 is 1.87 bits per heavy atom. The molecular formula is C13H22N2. The summed E-state index contributed by atoms with van der Waals surface area (Å²) in [7, 11) is 0. The summed E-state index contributed by atoms with van der Waals surface area (Å²) in [5, 5.41) is 0. The molecule has 0 saturated heterocycles. The Morgan fingerprint density at radius 1 is 1.27 bits per heavy atom. The van der Waals surface area contributed by atoms with E-state index in [4.69, 9.17) is 5.73 Å². The second-order valence-electron chi connectivity index (χ2n) is 4.55. The smallest absolute Gasteiger partial charge is 0.0468 e. The highest BCUT2D eigenvalue weighted by Crippen LogP contribution is 2.26. The van der Waals surface area contributed by atoms with E-state index in [1.165, 1.54) is 11.3 Å². The minimum Gasteiger partial charge on any atom is -0.365 e. The monoisotopic (exact) mass is 206 g/mol. The average molecular weight is 206 g/mol. The lowest BCUT2D eigenvalue weighted by Crippen LogP contribution is -2.49. The molecule has 0 radical (unpaired) electrons. The first-order valence-corrected chi connectivity index (χ1v) is 5.56. The van der Waals surface area contributed by atoms with E-state index < -0.39 is 0 Å². The van der Waals surface area contributed by atoms with Crippen LogP contribution in [0.15, 0.2) is 24.3 Å². The molecule has 0 aliphatic carbocycles.